The number of nitrogens with two attached hydrogens (primary N) is 1. The number of nitrogens with one attached hydrogen (secondary N) is 4. The molecule has 8 N–H and O–H groups in total. The van der Waals surface area contributed by atoms with Crippen LogP contribution in [0, 0.1) is 15.4 Å². The second kappa shape index (κ2) is 28.9. The molecule has 23 nitrogen and oxygen atoms in total. The Bertz CT molecular complexity index is 2790. The van der Waals surface area contributed by atoms with E-state index in [-0.39, 0.29) is 58.2 Å². The van der Waals surface area contributed by atoms with E-state index in [2.05, 4.69) is 31.3 Å². The van der Waals surface area contributed by atoms with E-state index in [9.17, 15) is 53.4 Å². The number of ether oxygens (including phenoxy) is 1. The molecule has 8 atom stereocenters. The first-order valence-corrected chi connectivity index (χ1v) is 29.6. The Kier molecular flexibility index (Phi) is 22.2. The van der Waals surface area contributed by atoms with Crippen LogP contribution in [0.4, 0.5) is 0 Å². The van der Waals surface area contributed by atoms with E-state index >= 15 is 0 Å². The molecule has 3 aliphatic rings. The number of hydrogen-bond acceptors (Lipinski definition) is 13. The van der Waals surface area contributed by atoms with Gasteiger partial charge in [0.2, 0.25) is 29.5 Å². The Morgan fingerprint density at radius 1 is 0.785 bits per heavy atom. The van der Waals surface area contributed by atoms with E-state index in [0.717, 1.165) is 3.57 Å². The molecule has 0 radical (unpaired) electrons. The molecule has 3 aromatic rings. The molecule has 2 saturated heterocycles. The van der Waals surface area contributed by atoms with Crippen molar-refractivity contribution in [2.45, 2.75) is 134 Å². The fourth-order valence-corrected chi connectivity index (χ4v) is 13.5. The van der Waals surface area contributed by atoms with Crippen molar-refractivity contribution in [3.05, 3.63) is 119 Å². The van der Waals surface area contributed by atoms with Crippen LogP contribution in [0.15, 0.2) is 93.8 Å². The van der Waals surface area contributed by atoms with Gasteiger partial charge >= 0.3 is 204 Å². The Morgan fingerprint density at radius 2 is 1.41 bits per heavy atom. The molecule has 6 rings (SSSR count). The van der Waals surface area contributed by atoms with Crippen molar-refractivity contribution in [2.75, 3.05) is 19.6 Å². The van der Waals surface area contributed by atoms with Gasteiger partial charge in [-0.2, -0.15) is 0 Å². The molecular formula is C55H69IN10O13. The average Bonchev–Trinajstić information content (AvgIpc) is 4.27. The fourth-order valence-electron chi connectivity index (χ4n) is 9.51. The number of rotatable bonds is 27. The normalized spacial score (nSPS) is 18.6. The molecule has 3 aromatic carbocycles. The first-order chi connectivity index (χ1) is 37.8. The van der Waals surface area contributed by atoms with Crippen molar-refractivity contribution in [3.8, 4) is 5.75 Å². The summed E-state index contributed by atoms with van der Waals surface area (Å²) in [6.45, 7) is 7.19. The van der Waals surface area contributed by atoms with Crippen molar-refractivity contribution in [1.82, 2.24) is 31.1 Å². The predicted octanol–water partition coefficient (Wildman–Crippen LogP) is 4.75. The number of carboxylic acid groups (broad SMARTS) is 2. The molecule has 424 valence electrons. The van der Waals surface area contributed by atoms with Crippen molar-refractivity contribution < 1.29 is 61.2 Å². The number of carbonyl (C=O) groups excluding carboxylic acids is 7. The van der Waals surface area contributed by atoms with Gasteiger partial charge in [-0.05, 0) is 49.5 Å². The number of hydrogen-bond donors (Lipinski definition) is 7. The zero-order valence-electron chi connectivity index (χ0n) is 44.5. The Hall–Kier alpha value is -7.57. The van der Waals surface area contributed by atoms with Crippen LogP contribution in [0.3, 0.4) is 0 Å². The number of azide groups is 1. The number of nitrogens with zero attached hydrogens (tertiary/aromatic N) is 5. The van der Waals surface area contributed by atoms with Gasteiger partial charge in [-0.3, -0.25) is 28.8 Å². The monoisotopic (exact) mass is 1200 g/mol. The first-order valence-electron chi connectivity index (χ1n) is 26.3. The van der Waals surface area contributed by atoms with Gasteiger partial charge in [0.05, 0.1) is 0 Å². The minimum atomic E-state index is -2.57. The number of carboxylic acids is 2. The Balaban J connectivity index is 1.11. The minimum absolute atomic E-state index is 0.0160. The summed E-state index contributed by atoms with van der Waals surface area (Å²) in [4.78, 5) is 126. The van der Waals surface area contributed by atoms with Crippen molar-refractivity contribution in [3.63, 3.8) is 0 Å². The number of benzene rings is 3. The molecule has 0 aromatic heterocycles. The van der Waals surface area contributed by atoms with Crippen molar-refractivity contribution >= 4 is 73.6 Å². The fraction of sp³-hybridized carbons (Fsp3) is 0.473. The maximum atomic E-state index is 14.4. The second-order valence-corrected chi connectivity index (χ2v) is 23.8. The van der Waals surface area contributed by atoms with Gasteiger partial charge < -0.3 is 36.4 Å². The molecule has 24 heteroatoms. The molecule has 0 saturated carbocycles. The molecule has 0 aliphatic carbocycles. The molecule has 6 amide bonds. The van der Waals surface area contributed by atoms with Gasteiger partial charge in [0.25, 0.3) is 0 Å². The summed E-state index contributed by atoms with van der Waals surface area (Å²) < 4.78 is 14.5. The van der Waals surface area contributed by atoms with Crippen LogP contribution in [-0.4, -0.2) is 135 Å². The molecule has 0 spiro atoms. The summed E-state index contributed by atoms with van der Waals surface area (Å²) in [5, 5.41) is 33.8. The number of amides is 6. The number of fused-ring (bicyclic) bond motifs is 1. The van der Waals surface area contributed by atoms with Crippen molar-refractivity contribution in [1.29, 1.82) is 0 Å². The first kappa shape index (κ1) is 60.7. The van der Waals surface area contributed by atoms with Crippen LogP contribution in [-0.2, 0) is 54.3 Å². The summed E-state index contributed by atoms with van der Waals surface area (Å²) in [5.41, 5.74) is 17.3. The number of carbonyl (C=O) groups is 9. The number of likely N-dealkylation sites (tertiary alicyclic amines) is 2. The largest absolute Gasteiger partial charge is 0.480 e. The summed E-state index contributed by atoms with van der Waals surface area (Å²) >= 11 is -2.57. The molecule has 0 bridgehead atoms. The molecule has 79 heavy (non-hydrogen) atoms. The maximum Gasteiger partial charge on any atom is 0.326 e. The van der Waals surface area contributed by atoms with E-state index < -0.39 is 134 Å². The minimum Gasteiger partial charge on any atom is -0.480 e. The average molecular weight is 1210 g/mol. The SMILES string of the molecule is CC[C@H](C)[C@H](NC(=O)[C@@H]1CCCN1C(=O)[C@H](CCC(=O)O)NC(=O)[C@@H](NC(=O)[C@H](Cc1ccccc1)NC(=O)[C@@H]1CCCN1C(=O)[C@@H](N)Cc1ccc(O/C(=C/I2OC(=O)c3ccccc32)CCN=[N+]=[N-])cc1)C(C)C)C(=O)O. The Labute approximate surface area is 465 Å². The molecular weight excluding hydrogens is 1140 g/mol. The van der Waals surface area contributed by atoms with Crippen molar-refractivity contribution in [2.24, 2.45) is 22.7 Å². The smallest absolute Gasteiger partial charge is 0.326 e. The summed E-state index contributed by atoms with van der Waals surface area (Å²) in [7, 11) is 0. The van der Waals surface area contributed by atoms with Gasteiger partial charge in [-0.1, -0.05) is 64.4 Å². The van der Waals surface area contributed by atoms with Gasteiger partial charge in [-0.25, -0.2) is 4.79 Å². The topological polar surface area (TPSA) is 342 Å². The van der Waals surface area contributed by atoms with E-state index in [1.54, 1.807) is 94.4 Å². The van der Waals surface area contributed by atoms with E-state index in [0.29, 0.717) is 47.5 Å². The predicted molar refractivity (Wildman–Crippen MR) is 296 cm³/mol. The van der Waals surface area contributed by atoms with Gasteiger partial charge in [0, 0.05) is 19.4 Å². The van der Waals surface area contributed by atoms with Crippen LogP contribution >= 0.6 is 20.2 Å². The zero-order valence-corrected chi connectivity index (χ0v) is 46.7. The summed E-state index contributed by atoms with van der Waals surface area (Å²) in [6.07, 6.45) is 1.26. The van der Waals surface area contributed by atoms with Gasteiger partial charge in [0.1, 0.15) is 30.2 Å². The van der Waals surface area contributed by atoms with Gasteiger partial charge in [0.15, 0.2) is 0 Å². The van der Waals surface area contributed by atoms with Crippen LogP contribution in [0.5, 0.6) is 5.75 Å². The van der Waals surface area contributed by atoms with Crippen LogP contribution < -0.4 is 31.7 Å². The van der Waals surface area contributed by atoms with Crippen LogP contribution in [0.25, 0.3) is 10.4 Å². The molecule has 3 aliphatic heterocycles. The summed E-state index contributed by atoms with van der Waals surface area (Å²) in [5.74, 6) is -7.10. The zero-order chi connectivity index (χ0) is 57.3. The maximum absolute atomic E-state index is 14.4. The van der Waals surface area contributed by atoms with Gasteiger partial charge in [-0.15, -0.1) is 0 Å². The van der Waals surface area contributed by atoms with E-state index in [1.807, 2.05) is 16.2 Å². The number of aliphatic carboxylic acids is 2. The number of halogens is 1. The van der Waals surface area contributed by atoms with E-state index in [1.165, 1.54) is 9.80 Å². The Morgan fingerprint density at radius 3 is 2.03 bits per heavy atom. The van der Waals surface area contributed by atoms with Crippen LogP contribution in [0.1, 0.15) is 101 Å². The van der Waals surface area contributed by atoms with E-state index in [4.69, 9.17) is 19.1 Å². The standard InChI is InChI=1S/C55H69IN10O13/c1-5-33(4)47(54(75)76)63-50(71)44-18-12-28-66(44)53(74)41(23-24-45(67)68)60-51(72)46(32(2)3)62-48(69)42(30-34-13-7-6-8-14-34)61-49(70)43-17-11-27-65(43)52(73)40(57)29-35-19-21-36(22-20-35)78-37(25-26-59-64-58)31-56-39-16-10-9-15-38(39)55(77)79-56/h6-10,13-16,19-22,31-33,40-44,46-47H,5,11-12,17-18,23-30,57H2,1-4H3,(H,60,72)(H,61,70)(H,62,69)(H,63,71)(H,67,68)(H,75,76)/b37-31+/t33-,40-,41-,42-,43-,44-,46-,47-/m0/s1. The second-order valence-electron chi connectivity index (χ2n) is 20.0. The van der Waals surface area contributed by atoms with Crippen LogP contribution in [0.2, 0.25) is 0 Å². The third-order valence-electron chi connectivity index (χ3n) is 14.0. The third kappa shape index (κ3) is 16.5. The summed E-state index contributed by atoms with van der Waals surface area (Å²) in [6, 6.07) is 14.5. The molecule has 2 fully saturated rings. The third-order valence-corrected chi connectivity index (χ3v) is 18.2. The molecule has 0 unspecified atom stereocenters. The molecule has 3 heterocycles. The quantitative estimate of drug-likeness (QED) is 0.0178.